The quantitative estimate of drug-likeness (QED) is 0.702. The second kappa shape index (κ2) is 8.10. The van der Waals surface area contributed by atoms with E-state index in [0.717, 1.165) is 5.75 Å². The molecule has 0 aliphatic rings. The zero-order valence-electron chi connectivity index (χ0n) is 10.8. The second-order valence-corrected chi connectivity index (χ2v) is 4.07. The van der Waals surface area contributed by atoms with Crippen LogP contribution in [-0.4, -0.2) is 55.2 Å². The van der Waals surface area contributed by atoms with Crippen LogP contribution in [0.3, 0.4) is 0 Å². The van der Waals surface area contributed by atoms with Crippen LogP contribution in [-0.2, 0) is 9.59 Å². The Kier molecular flexibility index (Phi) is 6.38. The van der Waals surface area contributed by atoms with Crippen molar-refractivity contribution in [3.63, 3.8) is 0 Å². The molecule has 0 fully saturated rings. The van der Waals surface area contributed by atoms with Gasteiger partial charge < -0.3 is 15.2 Å². The number of rotatable bonds is 8. The topological polar surface area (TPSA) is 78.9 Å². The predicted octanol–water partition coefficient (Wildman–Crippen LogP) is 0.198. The maximum Gasteiger partial charge on any atom is 0.322 e. The van der Waals surface area contributed by atoms with Gasteiger partial charge in [-0.15, -0.1) is 0 Å². The first kappa shape index (κ1) is 15.0. The molecule has 0 heterocycles. The standard InChI is InChI=1S/C13H18N2O4/c1-15(10-12(16)14-9-13(17)18)7-8-19-11-5-3-2-4-6-11/h2-6H,7-10H2,1H3,(H,14,16)(H,17,18). The van der Waals surface area contributed by atoms with Gasteiger partial charge in [0.1, 0.15) is 18.9 Å². The van der Waals surface area contributed by atoms with Gasteiger partial charge in [-0.05, 0) is 19.2 Å². The number of nitrogens with zero attached hydrogens (tertiary/aromatic N) is 1. The van der Waals surface area contributed by atoms with Gasteiger partial charge in [-0.1, -0.05) is 18.2 Å². The lowest BCUT2D eigenvalue weighted by Crippen LogP contribution is -2.38. The molecule has 0 bridgehead atoms. The lowest BCUT2D eigenvalue weighted by atomic mass is 10.3. The predicted molar refractivity (Wildman–Crippen MR) is 70.1 cm³/mol. The third-order valence-corrected chi connectivity index (χ3v) is 2.34. The Morgan fingerprint density at radius 1 is 1.32 bits per heavy atom. The minimum absolute atomic E-state index is 0.144. The van der Waals surface area contributed by atoms with E-state index in [0.29, 0.717) is 13.2 Å². The van der Waals surface area contributed by atoms with Crippen molar-refractivity contribution in [3.8, 4) is 5.75 Å². The van der Waals surface area contributed by atoms with Crippen molar-refractivity contribution in [2.75, 3.05) is 33.3 Å². The Labute approximate surface area is 112 Å². The first-order chi connectivity index (χ1) is 9.08. The minimum atomic E-state index is -1.05. The van der Waals surface area contributed by atoms with Crippen LogP contribution in [0.25, 0.3) is 0 Å². The summed E-state index contributed by atoms with van der Waals surface area (Å²) in [5.74, 6) is -0.584. The highest BCUT2D eigenvalue weighted by molar-refractivity contribution is 5.82. The zero-order valence-corrected chi connectivity index (χ0v) is 10.8. The molecule has 0 saturated heterocycles. The number of nitrogens with one attached hydrogen (secondary N) is 1. The van der Waals surface area contributed by atoms with Crippen LogP contribution in [0.4, 0.5) is 0 Å². The fourth-order valence-electron chi connectivity index (χ4n) is 1.39. The second-order valence-electron chi connectivity index (χ2n) is 4.07. The molecular weight excluding hydrogens is 248 g/mol. The van der Waals surface area contributed by atoms with E-state index in [2.05, 4.69) is 5.32 Å². The summed E-state index contributed by atoms with van der Waals surface area (Å²) >= 11 is 0. The molecule has 1 aromatic rings. The van der Waals surface area contributed by atoms with Crippen LogP contribution in [0.15, 0.2) is 30.3 Å². The van der Waals surface area contributed by atoms with Gasteiger partial charge in [0, 0.05) is 6.54 Å². The smallest absolute Gasteiger partial charge is 0.322 e. The van der Waals surface area contributed by atoms with Crippen molar-refractivity contribution in [2.45, 2.75) is 0 Å². The molecule has 0 saturated carbocycles. The number of carboxylic acid groups (broad SMARTS) is 1. The van der Waals surface area contributed by atoms with Gasteiger partial charge in [0.25, 0.3) is 0 Å². The Bertz CT molecular complexity index is 408. The normalized spacial score (nSPS) is 10.2. The van der Waals surface area contributed by atoms with Crippen molar-refractivity contribution in [1.82, 2.24) is 10.2 Å². The fraction of sp³-hybridized carbons (Fsp3) is 0.385. The average Bonchev–Trinajstić information content (AvgIpc) is 2.37. The van der Waals surface area contributed by atoms with E-state index in [9.17, 15) is 9.59 Å². The molecule has 0 aliphatic carbocycles. The van der Waals surface area contributed by atoms with Crippen LogP contribution in [0.2, 0.25) is 0 Å². The summed E-state index contributed by atoms with van der Waals surface area (Å²) in [5.41, 5.74) is 0. The molecule has 0 atom stereocenters. The van der Waals surface area contributed by atoms with E-state index >= 15 is 0 Å². The molecule has 0 aromatic heterocycles. The van der Waals surface area contributed by atoms with Gasteiger partial charge in [-0.3, -0.25) is 14.5 Å². The van der Waals surface area contributed by atoms with Crippen molar-refractivity contribution >= 4 is 11.9 Å². The minimum Gasteiger partial charge on any atom is -0.492 e. The maximum atomic E-state index is 11.3. The zero-order chi connectivity index (χ0) is 14.1. The lowest BCUT2D eigenvalue weighted by Gasteiger charge is -2.16. The highest BCUT2D eigenvalue weighted by Gasteiger charge is 2.07. The number of carbonyl (C=O) groups excluding carboxylic acids is 1. The molecule has 6 nitrogen and oxygen atoms in total. The average molecular weight is 266 g/mol. The van der Waals surface area contributed by atoms with Gasteiger partial charge >= 0.3 is 5.97 Å². The van der Waals surface area contributed by atoms with Gasteiger partial charge in [-0.2, -0.15) is 0 Å². The third kappa shape index (κ3) is 7.05. The summed E-state index contributed by atoms with van der Waals surface area (Å²) < 4.78 is 5.49. The summed E-state index contributed by atoms with van der Waals surface area (Å²) in [5, 5.41) is 10.7. The molecule has 6 heteroatoms. The lowest BCUT2D eigenvalue weighted by molar-refractivity contribution is -0.138. The first-order valence-electron chi connectivity index (χ1n) is 5.93. The fourth-order valence-corrected chi connectivity index (χ4v) is 1.39. The number of aliphatic carboxylic acids is 1. The molecule has 1 rings (SSSR count). The van der Waals surface area contributed by atoms with Gasteiger partial charge in [0.05, 0.1) is 6.54 Å². The number of carbonyl (C=O) groups is 2. The van der Waals surface area contributed by atoms with E-state index in [1.54, 1.807) is 11.9 Å². The van der Waals surface area contributed by atoms with Crippen LogP contribution < -0.4 is 10.1 Å². The molecule has 0 unspecified atom stereocenters. The van der Waals surface area contributed by atoms with E-state index in [1.165, 1.54) is 0 Å². The summed E-state index contributed by atoms with van der Waals surface area (Å²) in [7, 11) is 1.77. The highest BCUT2D eigenvalue weighted by Crippen LogP contribution is 2.07. The Morgan fingerprint density at radius 3 is 2.63 bits per heavy atom. The molecule has 1 amide bonds. The van der Waals surface area contributed by atoms with E-state index in [-0.39, 0.29) is 19.0 Å². The largest absolute Gasteiger partial charge is 0.492 e. The van der Waals surface area contributed by atoms with E-state index in [1.807, 2.05) is 30.3 Å². The number of likely N-dealkylation sites (N-methyl/N-ethyl adjacent to an activating group) is 1. The van der Waals surface area contributed by atoms with Crippen molar-refractivity contribution in [1.29, 1.82) is 0 Å². The summed E-state index contributed by atoms with van der Waals surface area (Å²) in [6.45, 7) is 0.834. The summed E-state index contributed by atoms with van der Waals surface area (Å²) in [4.78, 5) is 23.4. The molecule has 2 N–H and O–H groups in total. The molecule has 0 radical (unpaired) electrons. The Hall–Kier alpha value is -2.08. The molecule has 0 spiro atoms. The number of carboxylic acids is 1. The third-order valence-electron chi connectivity index (χ3n) is 2.34. The van der Waals surface area contributed by atoms with Gasteiger partial charge in [0.2, 0.25) is 5.91 Å². The number of amides is 1. The van der Waals surface area contributed by atoms with Crippen LogP contribution in [0.1, 0.15) is 0 Å². The number of ether oxygens (including phenoxy) is 1. The van der Waals surface area contributed by atoms with Crippen LogP contribution >= 0.6 is 0 Å². The molecule has 19 heavy (non-hydrogen) atoms. The van der Waals surface area contributed by atoms with E-state index in [4.69, 9.17) is 9.84 Å². The number of para-hydroxylation sites is 1. The number of hydrogen-bond donors (Lipinski definition) is 2. The molecular formula is C13H18N2O4. The van der Waals surface area contributed by atoms with Crippen LogP contribution in [0, 0.1) is 0 Å². The van der Waals surface area contributed by atoms with Crippen molar-refractivity contribution in [3.05, 3.63) is 30.3 Å². The first-order valence-corrected chi connectivity index (χ1v) is 5.93. The van der Waals surface area contributed by atoms with Crippen molar-refractivity contribution in [2.24, 2.45) is 0 Å². The summed E-state index contributed by atoms with van der Waals surface area (Å²) in [6.07, 6.45) is 0. The maximum absolute atomic E-state index is 11.3. The number of benzene rings is 1. The van der Waals surface area contributed by atoms with E-state index < -0.39 is 5.97 Å². The van der Waals surface area contributed by atoms with Crippen LogP contribution in [0.5, 0.6) is 5.75 Å². The molecule has 0 aliphatic heterocycles. The highest BCUT2D eigenvalue weighted by atomic mass is 16.5. The number of hydrogen-bond acceptors (Lipinski definition) is 4. The van der Waals surface area contributed by atoms with Gasteiger partial charge in [-0.25, -0.2) is 0 Å². The SMILES string of the molecule is CN(CCOc1ccccc1)CC(=O)NCC(=O)O. The van der Waals surface area contributed by atoms with Gasteiger partial charge in [0.15, 0.2) is 0 Å². The summed E-state index contributed by atoms with van der Waals surface area (Å²) in [6, 6.07) is 9.40. The Morgan fingerprint density at radius 2 is 2.00 bits per heavy atom. The Balaban J connectivity index is 2.15. The molecule has 104 valence electrons. The molecule has 1 aromatic carbocycles. The monoisotopic (exact) mass is 266 g/mol. The van der Waals surface area contributed by atoms with Crippen molar-refractivity contribution < 1.29 is 19.4 Å².